The number of rotatable bonds is 6. The SMILES string of the molecule is COc1cccc(-c2cc(C(=O)Nc3cc([N+](=O)[O-])c(C)c([N+](=O)[O-])c3)[nH]n2)c1. The maximum Gasteiger partial charge on any atom is 0.281 e. The first kappa shape index (κ1) is 19.5. The molecule has 1 amide bonds. The van der Waals surface area contributed by atoms with Gasteiger partial charge in [-0.15, -0.1) is 0 Å². The quantitative estimate of drug-likeness (QED) is 0.477. The van der Waals surface area contributed by atoms with Gasteiger partial charge in [0, 0.05) is 17.7 Å². The number of aromatic amines is 1. The highest BCUT2D eigenvalue weighted by Crippen LogP contribution is 2.32. The summed E-state index contributed by atoms with van der Waals surface area (Å²) in [6.07, 6.45) is 0. The molecule has 0 spiro atoms. The molecule has 2 N–H and O–H groups in total. The third-order valence-corrected chi connectivity index (χ3v) is 4.19. The number of carbonyl (C=O) groups excluding carboxylic acids is 1. The van der Waals surface area contributed by atoms with Crippen LogP contribution in [0.25, 0.3) is 11.3 Å². The predicted molar refractivity (Wildman–Crippen MR) is 103 cm³/mol. The van der Waals surface area contributed by atoms with Crippen molar-refractivity contribution >= 4 is 23.0 Å². The van der Waals surface area contributed by atoms with Crippen LogP contribution in [0.3, 0.4) is 0 Å². The maximum atomic E-state index is 12.5. The van der Waals surface area contributed by atoms with Crippen molar-refractivity contribution in [2.24, 2.45) is 0 Å². The van der Waals surface area contributed by atoms with E-state index in [0.29, 0.717) is 17.0 Å². The number of nitrogens with zero attached hydrogens (tertiary/aromatic N) is 3. The Hall–Kier alpha value is -4.28. The van der Waals surface area contributed by atoms with Crippen molar-refractivity contribution in [3.05, 3.63) is 74.0 Å². The van der Waals surface area contributed by atoms with E-state index in [9.17, 15) is 25.0 Å². The number of hydrogen-bond donors (Lipinski definition) is 2. The molecule has 0 radical (unpaired) electrons. The normalized spacial score (nSPS) is 10.4. The Balaban J connectivity index is 1.88. The van der Waals surface area contributed by atoms with E-state index in [4.69, 9.17) is 4.74 Å². The lowest BCUT2D eigenvalue weighted by Crippen LogP contribution is -2.13. The molecule has 2 aromatic carbocycles. The summed E-state index contributed by atoms with van der Waals surface area (Å²) in [6.45, 7) is 1.27. The lowest BCUT2D eigenvalue weighted by Gasteiger charge is -2.06. The van der Waals surface area contributed by atoms with E-state index >= 15 is 0 Å². The Morgan fingerprint density at radius 2 is 1.76 bits per heavy atom. The molecule has 3 rings (SSSR count). The number of benzene rings is 2. The molecule has 11 nitrogen and oxygen atoms in total. The lowest BCUT2D eigenvalue weighted by atomic mass is 10.1. The van der Waals surface area contributed by atoms with Crippen LogP contribution in [0.4, 0.5) is 17.1 Å². The smallest absolute Gasteiger partial charge is 0.281 e. The van der Waals surface area contributed by atoms with E-state index < -0.39 is 27.1 Å². The number of H-pyrrole nitrogens is 1. The largest absolute Gasteiger partial charge is 0.497 e. The minimum absolute atomic E-state index is 0.0727. The van der Waals surface area contributed by atoms with Crippen LogP contribution in [0.1, 0.15) is 16.1 Å². The zero-order chi connectivity index (χ0) is 21.1. The van der Waals surface area contributed by atoms with Gasteiger partial charge in [0.25, 0.3) is 17.3 Å². The van der Waals surface area contributed by atoms with Gasteiger partial charge < -0.3 is 10.1 Å². The molecule has 11 heteroatoms. The molecule has 0 atom stereocenters. The number of nitro benzene ring substituents is 2. The number of hydrogen-bond acceptors (Lipinski definition) is 7. The average Bonchev–Trinajstić information content (AvgIpc) is 3.19. The highest BCUT2D eigenvalue weighted by Gasteiger charge is 2.24. The fraction of sp³-hybridized carbons (Fsp3) is 0.111. The molecule has 148 valence electrons. The second-order valence-electron chi connectivity index (χ2n) is 6.01. The number of ether oxygens (including phenoxy) is 1. The van der Waals surface area contributed by atoms with Gasteiger partial charge in [-0.1, -0.05) is 12.1 Å². The zero-order valence-corrected chi connectivity index (χ0v) is 15.3. The molecule has 0 saturated carbocycles. The molecule has 1 heterocycles. The first-order chi connectivity index (χ1) is 13.8. The van der Waals surface area contributed by atoms with Gasteiger partial charge in [0.1, 0.15) is 17.0 Å². The number of nitrogens with one attached hydrogen (secondary N) is 2. The van der Waals surface area contributed by atoms with Gasteiger partial charge in [-0.3, -0.25) is 30.1 Å². The van der Waals surface area contributed by atoms with Crippen LogP contribution in [-0.4, -0.2) is 33.1 Å². The highest BCUT2D eigenvalue weighted by molar-refractivity contribution is 6.03. The minimum Gasteiger partial charge on any atom is -0.497 e. The van der Waals surface area contributed by atoms with Gasteiger partial charge in [-0.25, -0.2) is 0 Å². The third-order valence-electron chi connectivity index (χ3n) is 4.19. The molecule has 1 aromatic heterocycles. The van der Waals surface area contributed by atoms with E-state index in [1.165, 1.54) is 20.1 Å². The van der Waals surface area contributed by atoms with Gasteiger partial charge in [0.2, 0.25) is 0 Å². The van der Waals surface area contributed by atoms with E-state index in [0.717, 1.165) is 12.1 Å². The summed E-state index contributed by atoms with van der Waals surface area (Å²) < 4.78 is 5.15. The Bertz CT molecular complexity index is 1090. The number of aromatic nitrogens is 2. The van der Waals surface area contributed by atoms with Crippen LogP contribution in [-0.2, 0) is 0 Å². The molecule has 0 aliphatic rings. The van der Waals surface area contributed by atoms with Gasteiger partial charge in [0.05, 0.1) is 28.3 Å². The van der Waals surface area contributed by atoms with E-state index in [1.807, 2.05) is 0 Å². The monoisotopic (exact) mass is 397 g/mol. The lowest BCUT2D eigenvalue weighted by molar-refractivity contribution is -0.395. The summed E-state index contributed by atoms with van der Waals surface area (Å²) in [4.78, 5) is 33.3. The topological polar surface area (TPSA) is 153 Å². The van der Waals surface area contributed by atoms with Gasteiger partial charge in [-0.05, 0) is 25.1 Å². The van der Waals surface area contributed by atoms with Crippen LogP contribution in [0.5, 0.6) is 5.75 Å². The number of amides is 1. The minimum atomic E-state index is -0.741. The summed E-state index contributed by atoms with van der Waals surface area (Å²) in [6, 6.07) is 10.7. The molecule has 0 unspecified atom stereocenters. The van der Waals surface area contributed by atoms with E-state index in [1.54, 1.807) is 24.3 Å². The fourth-order valence-corrected chi connectivity index (χ4v) is 2.70. The predicted octanol–water partition coefficient (Wildman–Crippen LogP) is 3.46. The molecule has 0 saturated heterocycles. The Morgan fingerprint density at radius 1 is 1.10 bits per heavy atom. The van der Waals surface area contributed by atoms with Crippen molar-refractivity contribution < 1.29 is 19.4 Å². The van der Waals surface area contributed by atoms with Crippen molar-refractivity contribution in [2.45, 2.75) is 6.92 Å². The van der Waals surface area contributed by atoms with Crippen LogP contribution >= 0.6 is 0 Å². The van der Waals surface area contributed by atoms with Crippen molar-refractivity contribution in [3.63, 3.8) is 0 Å². The highest BCUT2D eigenvalue weighted by atomic mass is 16.6. The molecule has 29 heavy (non-hydrogen) atoms. The molecule has 0 aliphatic carbocycles. The second kappa shape index (κ2) is 7.76. The Kier molecular flexibility index (Phi) is 5.21. The van der Waals surface area contributed by atoms with Gasteiger partial charge >= 0.3 is 0 Å². The number of methoxy groups -OCH3 is 1. The Morgan fingerprint density at radius 3 is 2.34 bits per heavy atom. The Labute approximate surface area is 163 Å². The van der Waals surface area contributed by atoms with Crippen LogP contribution < -0.4 is 10.1 Å². The molecule has 0 fully saturated rings. The summed E-state index contributed by atoms with van der Waals surface area (Å²) in [7, 11) is 1.53. The average molecular weight is 397 g/mol. The fourth-order valence-electron chi connectivity index (χ4n) is 2.70. The zero-order valence-electron chi connectivity index (χ0n) is 15.3. The molecule has 0 bridgehead atoms. The molecular formula is C18H15N5O6. The first-order valence-corrected chi connectivity index (χ1v) is 8.24. The van der Waals surface area contributed by atoms with Crippen molar-refractivity contribution in [1.29, 1.82) is 0 Å². The summed E-state index contributed by atoms with van der Waals surface area (Å²) in [5.74, 6) is -0.0325. The maximum absolute atomic E-state index is 12.5. The molecule has 0 aliphatic heterocycles. The van der Waals surface area contributed by atoms with Crippen molar-refractivity contribution in [1.82, 2.24) is 10.2 Å². The van der Waals surface area contributed by atoms with Gasteiger partial charge in [-0.2, -0.15) is 5.10 Å². The second-order valence-corrected chi connectivity index (χ2v) is 6.01. The standard InChI is InChI=1S/C18H15N5O6/c1-10-16(22(25)26)7-12(8-17(10)23(27)28)19-18(24)15-9-14(20-21-15)11-4-3-5-13(6-11)29-2/h3-9H,1-2H3,(H,19,24)(H,20,21). The van der Waals surface area contributed by atoms with Gasteiger partial charge in [0.15, 0.2) is 0 Å². The molecular weight excluding hydrogens is 382 g/mol. The number of anilines is 1. The molecule has 3 aromatic rings. The summed E-state index contributed by atoms with van der Waals surface area (Å²) in [5.41, 5.74) is 0.175. The summed E-state index contributed by atoms with van der Waals surface area (Å²) in [5, 5.41) is 31.4. The number of nitro groups is 2. The number of carbonyl (C=O) groups is 1. The van der Waals surface area contributed by atoms with Crippen molar-refractivity contribution in [2.75, 3.05) is 12.4 Å². The van der Waals surface area contributed by atoms with E-state index in [-0.39, 0.29) is 16.9 Å². The van der Waals surface area contributed by atoms with Crippen LogP contribution in [0, 0.1) is 27.2 Å². The van der Waals surface area contributed by atoms with Crippen LogP contribution in [0.2, 0.25) is 0 Å². The van der Waals surface area contributed by atoms with E-state index in [2.05, 4.69) is 15.5 Å². The van der Waals surface area contributed by atoms with Crippen LogP contribution in [0.15, 0.2) is 42.5 Å². The van der Waals surface area contributed by atoms with Crippen molar-refractivity contribution in [3.8, 4) is 17.0 Å². The summed E-state index contributed by atoms with van der Waals surface area (Å²) >= 11 is 0. The first-order valence-electron chi connectivity index (χ1n) is 8.24. The third kappa shape index (κ3) is 4.03.